The first-order chi connectivity index (χ1) is 16.5. The maximum atomic E-state index is 13.2. The van der Waals surface area contributed by atoms with Crippen molar-refractivity contribution in [2.24, 2.45) is 16.9 Å². The van der Waals surface area contributed by atoms with Crippen LogP contribution in [0, 0.1) is 5.92 Å². The van der Waals surface area contributed by atoms with E-state index in [1.807, 2.05) is 6.07 Å². The molecule has 1 aromatic heterocycles. The smallest absolute Gasteiger partial charge is 0.354 e. The van der Waals surface area contributed by atoms with E-state index in [4.69, 9.17) is 29.0 Å². The molecule has 2 heterocycles. The quantitative estimate of drug-likeness (QED) is 0.176. The number of rotatable bonds is 7. The van der Waals surface area contributed by atoms with Crippen molar-refractivity contribution in [2.75, 3.05) is 25.0 Å². The van der Waals surface area contributed by atoms with Crippen LogP contribution in [0.4, 0.5) is 19.1 Å². The highest BCUT2D eigenvalue weighted by Gasteiger charge is 2.37. The van der Waals surface area contributed by atoms with Gasteiger partial charge in [-0.05, 0) is 30.7 Å². The largest absolute Gasteiger partial charge is 0.419 e. The maximum absolute atomic E-state index is 13.2. The fraction of sp³-hybridized carbons (Fsp3) is 0.304. The van der Waals surface area contributed by atoms with Gasteiger partial charge >= 0.3 is 6.18 Å². The molecule has 3 rings (SSSR count). The zero-order chi connectivity index (χ0) is 25.8. The number of nitrogens with zero attached hydrogens (tertiary/aromatic N) is 4. The number of alkyl halides is 3. The second kappa shape index (κ2) is 11.1. The summed E-state index contributed by atoms with van der Waals surface area (Å²) >= 11 is 12.3. The zero-order valence-corrected chi connectivity index (χ0v) is 20.2. The zero-order valence-electron chi connectivity index (χ0n) is 18.7. The average Bonchev–Trinajstić information content (AvgIpc) is 3.22. The van der Waals surface area contributed by atoms with Gasteiger partial charge in [0.2, 0.25) is 5.95 Å². The number of nitrogens with two attached hydrogens (primary N) is 1. The van der Waals surface area contributed by atoms with Crippen LogP contribution in [0.25, 0.3) is 0 Å². The van der Waals surface area contributed by atoms with Crippen molar-refractivity contribution >= 4 is 41.3 Å². The summed E-state index contributed by atoms with van der Waals surface area (Å²) in [5, 5.41) is 7.23. The van der Waals surface area contributed by atoms with E-state index in [1.165, 1.54) is 6.21 Å². The standard InChI is InChI=1S/C23H23Cl2F3N6O/c1-13(2)5-15(8-33-29)21(35)34-11-16(18(12-34)14-3-4-19(24)20(25)6-14)7-30-22-31-9-17(10-32-22)23(26,27)28/h3-6,8-10,16,18H,1,7,11-12,29H2,2H3,(H,30,31,32)/b15-5+,33-8-/t16?,18-/m1/s1. The molecule has 3 N–H and O–H groups in total. The molecule has 1 saturated heterocycles. The molecule has 1 amide bonds. The molecule has 186 valence electrons. The van der Waals surface area contributed by atoms with Crippen molar-refractivity contribution in [3.05, 3.63) is 75.6 Å². The molecule has 7 nitrogen and oxygen atoms in total. The van der Waals surface area contributed by atoms with Gasteiger partial charge in [0.1, 0.15) is 0 Å². The first-order valence-electron chi connectivity index (χ1n) is 10.5. The summed E-state index contributed by atoms with van der Waals surface area (Å²) in [6.07, 6.45) is -0.221. The summed E-state index contributed by atoms with van der Waals surface area (Å²) in [6.45, 7) is 6.55. The highest BCUT2D eigenvalue weighted by Crippen LogP contribution is 2.36. The van der Waals surface area contributed by atoms with E-state index in [2.05, 4.69) is 27.0 Å². The molecular formula is C23H23Cl2F3N6O. The van der Waals surface area contributed by atoms with Gasteiger partial charge in [0.05, 0.1) is 27.4 Å². The SMILES string of the molecule is C=C(C)/C=C(\C=N/N)C(=O)N1CC(CNc2ncc(C(F)(F)F)cn2)[C@@H](c2ccc(Cl)c(Cl)c2)C1. The summed E-state index contributed by atoms with van der Waals surface area (Å²) in [7, 11) is 0. The van der Waals surface area contributed by atoms with Crippen molar-refractivity contribution in [3.8, 4) is 0 Å². The van der Waals surface area contributed by atoms with E-state index in [9.17, 15) is 18.0 Å². The number of amides is 1. The van der Waals surface area contributed by atoms with E-state index in [0.29, 0.717) is 35.3 Å². The number of likely N-dealkylation sites (tertiary alicyclic amines) is 1. The Morgan fingerprint density at radius 1 is 1.29 bits per heavy atom. The third-order valence-electron chi connectivity index (χ3n) is 5.46. The van der Waals surface area contributed by atoms with Gasteiger partial charge < -0.3 is 16.1 Å². The second-order valence-corrected chi connectivity index (χ2v) is 8.96. The second-order valence-electron chi connectivity index (χ2n) is 8.15. The number of carbonyl (C=O) groups excluding carboxylic acids is 1. The molecular weight excluding hydrogens is 504 g/mol. The van der Waals surface area contributed by atoms with Crippen LogP contribution in [-0.4, -0.2) is 46.6 Å². The minimum atomic E-state index is -4.52. The molecule has 1 fully saturated rings. The van der Waals surface area contributed by atoms with E-state index < -0.39 is 11.7 Å². The molecule has 0 saturated carbocycles. The van der Waals surface area contributed by atoms with Crippen LogP contribution in [0.15, 0.2) is 59.5 Å². The van der Waals surface area contributed by atoms with Crippen LogP contribution in [0.2, 0.25) is 10.0 Å². The molecule has 0 aliphatic carbocycles. The number of anilines is 1. The minimum absolute atomic E-state index is 0.0498. The molecule has 0 spiro atoms. The number of nitrogens with one attached hydrogen (secondary N) is 1. The van der Waals surface area contributed by atoms with Crippen molar-refractivity contribution < 1.29 is 18.0 Å². The molecule has 12 heteroatoms. The van der Waals surface area contributed by atoms with Crippen LogP contribution < -0.4 is 11.2 Å². The van der Waals surface area contributed by atoms with E-state index in [1.54, 1.807) is 30.0 Å². The highest BCUT2D eigenvalue weighted by molar-refractivity contribution is 6.42. The van der Waals surface area contributed by atoms with Gasteiger partial charge in [-0.15, -0.1) is 0 Å². The summed E-state index contributed by atoms with van der Waals surface area (Å²) in [6, 6.07) is 5.26. The lowest BCUT2D eigenvalue weighted by Crippen LogP contribution is -2.31. The normalized spacial score (nSPS) is 18.8. The minimum Gasteiger partial charge on any atom is -0.354 e. The summed E-state index contributed by atoms with van der Waals surface area (Å²) in [4.78, 5) is 22.4. The van der Waals surface area contributed by atoms with Crippen molar-refractivity contribution in [2.45, 2.75) is 19.0 Å². The Hall–Kier alpha value is -3.11. The van der Waals surface area contributed by atoms with Gasteiger partial charge in [-0.3, -0.25) is 4.79 Å². The Morgan fingerprint density at radius 2 is 1.97 bits per heavy atom. The number of halogens is 5. The highest BCUT2D eigenvalue weighted by atomic mass is 35.5. The molecule has 1 aliphatic heterocycles. The third kappa shape index (κ3) is 6.73. The Morgan fingerprint density at radius 3 is 2.54 bits per heavy atom. The molecule has 2 aromatic rings. The van der Waals surface area contributed by atoms with E-state index in [0.717, 1.165) is 18.0 Å². The number of hydrogen-bond acceptors (Lipinski definition) is 6. The number of benzene rings is 1. The number of carbonyl (C=O) groups is 1. The first kappa shape index (κ1) is 26.5. The Bertz CT molecular complexity index is 1150. The van der Waals surface area contributed by atoms with Gasteiger partial charge in [-0.2, -0.15) is 18.3 Å². The van der Waals surface area contributed by atoms with Gasteiger partial charge in [-0.1, -0.05) is 41.4 Å². The van der Waals surface area contributed by atoms with Gasteiger partial charge in [-0.25, -0.2) is 9.97 Å². The third-order valence-corrected chi connectivity index (χ3v) is 6.20. The number of allylic oxidation sites excluding steroid dienone is 2. The van der Waals surface area contributed by atoms with Crippen LogP contribution >= 0.6 is 23.2 Å². The maximum Gasteiger partial charge on any atom is 0.419 e. The molecule has 1 unspecified atom stereocenters. The molecule has 1 aliphatic rings. The number of hydrazone groups is 1. The molecule has 2 atom stereocenters. The lowest BCUT2D eigenvalue weighted by atomic mass is 9.89. The summed E-state index contributed by atoms with van der Waals surface area (Å²) in [5.74, 6) is 4.77. The summed E-state index contributed by atoms with van der Waals surface area (Å²) < 4.78 is 38.4. The average molecular weight is 527 g/mol. The lowest BCUT2D eigenvalue weighted by Gasteiger charge is -2.19. The topological polar surface area (TPSA) is 96.5 Å². The van der Waals surface area contributed by atoms with E-state index >= 15 is 0 Å². The van der Waals surface area contributed by atoms with Crippen LogP contribution in [0.1, 0.15) is 24.0 Å². The summed E-state index contributed by atoms with van der Waals surface area (Å²) in [5.41, 5.74) is 0.874. The Kier molecular flexibility index (Phi) is 8.39. The monoisotopic (exact) mass is 526 g/mol. The predicted octanol–water partition coefficient (Wildman–Crippen LogP) is 4.90. The van der Waals surface area contributed by atoms with Crippen molar-refractivity contribution in [1.29, 1.82) is 0 Å². The van der Waals surface area contributed by atoms with Gasteiger partial charge in [0.15, 0.2) is 0 Å². The van der Waals surface area contributed by atoms with E-state index in [-0.39, 0.29) is 29.3 Å². The van der Waals surface area contributed by atoms with Crippen LogP contribution in [-0.2, 0) is 11.0 Å². The fourth-order valence-corrected chi connectivity index (χ4v) is 4.14. The van der Waals surface area contributed by atoms with Gasteiger partial charge in [0.25, 0.3) is 5.91 Å². The Balaban J connectivity index is 1.84. The first-order valence-corrected chi connectivity index (χ1v) is 11.2. The molecule has 1 aromatic carbocycles. The molecule has 0 bridgehead atoms. The van der Waals surface area contributed by atoms with Gasteiger partial charge in [0, 0.05) is 43.9 Å². The molecule has 35 heavy (non-hydrogen) atoms. The number of aromatic nitrogens is 2. The lowest BCUT2D eigenvalue weighted by molar-refractivity contribution is -0.138. The molecule has 0 radical (unpaired) electrons. The number of hydrogen-bond donors (Lipinski definition) is 2. The van der Waals surface area contributed by atoms with Crippen molar-refractivity contribution in [1.82, 2.24) is 14.9 Å². The van der Waals surface area contributed by atoms with Crippen molar-refractivity contribution in [3.63, 3.8) is 0 Å². The van der Waals surface area contributed by atoms with Crippen LogP contribution in [0.5, 0.6) is 0 Å². The predicted molar refractivity (Wildman–Crippen MR) is 130 cm³/mol. The fourth-order valence-electron chi connectivity index (χ4n) is 3.84. The Labute approximate surface area is 210 Å². The van der Waals surface area contributed by atoms with Crippen LogP contribution in [0.3, 0.4) is 0 Å².